The first-order chi connectivity index (χ1) is 21.1. The van der Waals surface area contributed by atoms with Crippen LogP contribution in [0.5, 0.6) is 0 Å². The summed E-state index contributed by atoms with van der Waals surface area (Å²) in [6.45, 7) is 5.33. The molecule has 238 valence electrons. The largest absolute Gasteiger partial charge is 0.462 e. The second-order valence-electron chi connectivity index (χ2n) is 11.3. The van der Waals surface area contributed by atoms with Gasteiger partial charge in [-0.3, -0.25) is 14.4 Å². The van der Waals surface area contributed by atoms with Crippen LogP contribution in [0.15, 0.2) is 48.5 Å². The van der Waals surface area contributed by atoms with Gasteiger partial charge in [-0.15, -0.1) is 0 Å². The fourth-order valence-corrected chi connectivity index (χ4v) is 5.39. The lowest BCUT2D eigenvalue weighted by atomic mass is 10.1. The highest BCUT2D eigenvalue weighted by atomic mass is 35.5. The Morgan fingerprint density at radius 1 is 0.909 bits per heavy atom. The van der Waals surface area contributed by atoms with Gasteiger partial charge in [0.2, 0.25) is 0 Å². The number of urea groups is 1. The molecular weight excluding hydrogens is 582 g/mol. The number of ether oxygens (including phenoxy) is 1. The van der Waals surface area contributed by atoms with Crippen LogP contribution in [-0.2, 0) is 25.7 Å². The van der Waals surface area contributed by atoms with Crippen LogP contribution >= 0.6 is 11.6 Å². The molecule has 2 atom stereocenters. The molecule has 0 saturated carbocycles. The standard InChI is InChI=1S/C34H44ClN3O6/c1-4-5-6-7-8-9-10-11-12-16-21-44-33(42)27-19-20-28(35)29(22-27)36-31(40)30(25(3)39)38-32(41)24(2)37(34(38)43)23-26-17-14-13-15-18-26/h13-15,17-20,22,24,30H,4-12,16,21,23H2,1-3H3,(H,36,40). The van der Waals surface area contributed by atoms with Crippen molar-refractivity contribution >= 4 is 46.9 Å². The Hall–Kier alpha value is -3.72. The average molecular weight is 626 g/mol. The summed E-state index contributed by atoms with van der Waals surface area (Å²) < 4.78 is 5.42. The number of hydrogen-bond acceptors (Lipinski definition) is 6. The van der Waals surface area contributed by atoms with E-state index in [1.807, 2.05) is 30.3 Å². The molecular formula is C34H44ClN3O6. The highest BCUT2D eigenvalue weighted by molar-refractivity contribution is 6.34. The predicted molar refractivity (Wildman–Crippen MR) is 170 cm³/mol. The summed E-state index contributed by atoms with van der Waals surface area (Å²) in [6, 6.07) is 10.1. The first-order valence-electron chi connectivity index (χ1n) is 15.6. The summed E-state index contributed by atoms with van der Waals surface area (Å²) in [5.74, 6) is -2.82. The number of nitrogens with zero attached hydrogens (tertiary/aromatic N) is 2. The van der Waals surface area contributed by atoms with Crippen LogP contribution < -0.4 is 5.32 Å². The molecule has 10 heteroatoms. The minimum atomic E-state index is -1.71. The van der Waals surface area contributed by atoms with E-state index < -0.39 is 41.7 Å². The Balaban J connectivity index is 1.56. The van der Waals surface area contributed by atoms with E-state index in [9.17, 15) is 24.0 Å². The van der Waals surface area contributed by atoms with E-state index in [1.54, 1.807) is 6.92 Å². The number of esters is 1. The minimum Gasteiger partial charge on any atom is -0.462 e. The van der Waals surface area contributed by atoms with E-state index in [1.165, 1.54) is 68.0 Å². The van der Waals surface area contributed by atoms with Crippen LogP contribution in [0.2, 0.25) is 5.02 Å². The molecule has 0 radical (unpaired) electrons. The molecule has 1 saturated heterocycles. The van der Waals surface area contributed by atoms with Crippen LogP contribution in [0.1, 0.15) is 101 Å². The first kappa shape index (κ1) is 34.8. The highest BCUT2D eigenvalue weighted by Crippen LogP contribution is 2.27. The minimum absolute atomic E-state index is 0.0598. The molecule has 1 heterocycles. The summed E-state index contributed by atoms with van der Waals surface area (Å²) in [4.78, 5) is 67.1. The number of anilines is 1. The van der Waals surface area contributed by atoms with E-state index in [4.69, 9.17) is 16.3 Å². The number of Topliss-reactive ketones (excluding diaryl/α,β-unsaturated/α-hetero) is 1. The number of carbonyl (C=O) groups excluding carboxylic acids is 5. The maximum Gasteiger partial charge on any atom is 0.338 e. The van der Waals surface area contributed by atoms with Crippen LogP contribution in [0.4, 0.5) is 10.5 Å². The van der Waals surface area contributed by atoms with Crippen molar-refractivity contribution in [1.29, 1.82) is 0 Å². The summed E-state index contributed by atoms with van der Waals surface area (Å²) in [7, 11) is 0. The lowest BCUT2D eigenvalue weighted by molar-refractivity contribution is -0.139. The molecule has 2 aromatic rings. The Morgan fingerprint density at radius 3 is 2.14 bits per heavy atom. The normalized spacial score (nSPS) is 15.4. The van der Waals surface area contributed by atoms with Crippen molar-refractivity contribution < 1.29 is 28.7 Å². The van der Waals surface area contributed by atoms with Crippen molar-refractivity contribution in [3.8, 4) is 0 Å². The number of ketones is 1. The smallest absolute Gasteiger partial charge is 0.338 e. The summed E-state index contributed by atoms with van der Waals surface area (Å²) in [6.07, 6.45) is 11.7. The number of carbonyl (C=O) groups is 5. The number of imide groups is 1. The quantitative estimate of drug-likeness (QED) is 0.0813. The third kappa shape index (κ3) is 9.64. The van der Waals surface area contributed by atoms with Crippen LogP contribution in [0, 0.1) is 0 Å². The molecule has 3 rings (SSSR count). The molecule has 0 spiro atoms. The van der Waals surface area contributed by atoms with Gasteiger partial charge in [0.1, 0.15) is 6.04 Å². The zero-order chi connectivity index (χ0) is 32.1. The van der Waals surface area contributed by atoms with Crippen molar-refractivity contribution in [2.75, 3.05) is 11.9 Å². The molecule has 2 unspecified atom stereocenters. The molecule has 0 aromatic heterocycles. The zero-order valence-electron chi connectivity index (χ0n) is 26.0. The van der Waals surface area contributed by atoms with Gasteiger partial charge in [-0.1, -0.05) is 107 Å². The molecule has 1 fully saturated rings. The molecule has 44 heavy (non-hydrogen) atoms. The van der Waals surface area contributed by atoms with Crippen molar-refractivity contribution in [3.05, 3.63) is 64.7 Å². The first-order valence-corrected chi connectivity index (χ1v) is 16.0. The van der Waals surface area contributed by atoms with E-state index in [0.29, 0.717) is 4.90 Å². The average Bonchev–Trinajstić information content (AvgIpc) is 3.20. The van der Waals surface area contributed by atoms with E-state index in [-0.39, 0.29) is 29.4 Å². The van der Waals surface area contributed by atoms with E-state index in [2.05, 4.69) is 12.2 Å². The van der Waals surface area contributed by atoms with Gasteiger partial charge in [0, 0.05) is 6.54 Å². The van der Waals surface area contributed by atoms with E-state index in [0.717, 1.165) is 31.7 Å². The van der Waals surface area contributed by atoms with Crippen LogP contribution in [-0.4, -0.2) is 58.1 Å². The molecule has 4 amide bonds. The second-order valence-corrected chi connectivity index (χ2v) is 11.7. The number of benzene rings is 2. The van der Waals surface area contributed by atoms with Gasteiger partial charge >= 0.3 is 12.0 Å². The maximum atomic E-state index is 13.4. The number of rotatable bonds is 18. The van der Waals surface area contributed by atoms with Gasteiger partial charge in [0.25, 0.3) is 11.8 Å². The number of hydrogen-bond donors (Lipinski definition) is 1. The summed E-state index contributed by atoms with van der Waals surface area (Å²) in [5, 5.41) is 2.65. The number of halogens is 1. The molecule has 9 nitrogen and oxygen atoms in total. The molecule has 0 aliphatic carbocycles. The summed E-state index contributed by atoms with van der Waals surface area (Å²) in [5.41, 5.74) is 1.03. The topological polar surface area (TPSA) is 113 Å². The van der Waals surface area contributed by atoms with Crippen LogP contribution in [0.3, 0.4) is 0 Å². The zero-order valence-corrected chi connectivity index (χ0v) is 26.7. The highest BCUT2D eigenvalue weighted by Gasteiger charge is 2.49. The van der Waals surface area contributed by atoms with Gasteiger partial charge in [-0.25, -0.2) is 14.5 Å². The second kappa shape index (κ2) is 17.5. The maximum absolute atomic E-state index is 13.4. The fourth-order valence-electron chi connectivity index (χ4n) is 5.23. The van der Waals surface area contributed by atoms with E-state index >= 15 is 0 Å². The monoisotopic (exact) mass is 625 g/mol. The fraction of sp³-hybridized carbons (Fsp3) is 0.500. The van der Waals surface area contributed by atoms with Gasteiger partial charge in [0.15, 0.2) is 11.8 Å². The van der Waals surface area contributed by atoms with Crippen molar-refractivity contribution in [1.82, 2.24) is 9.80 Å². The number of unbranched alkanes of at least 4 members (excludes halogenated alkanes) is 9. The van der Waals surface area contributed by atoms with Crippen molar-refractivity contribution in [2.45, 2.75) is 104 Å². The Morgan fingerprint density at radius 2 is 1.52 bits per heavy atom. The van der Waals surface area contributed by atoms with Crippen molar-refractivity contribution in [2.24, 2.45) is 0 Å². The van der Waals surface area contributed by atoms with Gasteiger partial charge in [-0.05, 0) is 44.0 Å². The number of nitrogens with one attached hydrogen (secondary N) is 1. The van der Waals surface area contributed by atoms with Crippen molar-refractivity contribution in [3.63, 3.8) is 0 Å². The van der Waals surface area contributed by atoms with Crippen LogP contribution in [0.25, 0.3) is 0 Å². The third-order valence-corrected chi connectivity index (χ3v) is 8.12. The molecule has 1 N–H and O–H groups in total. The third-order valence-electron chi connectivity index (χ3n) is 7.79. The molecule has 0 bridgehead atoms. The van der Waals surface area contributed by atoms with Gasteiger partial charge < -0.3 is 15.0 Å². The molecule has 2 aromatic carbocycles. The lowest BCUT2D eigenvalue weighted by Gasteiger charge is -2.24. The lowest BCUT2D eigenvalue weighted by Crippen LogP contribution is -2.51. The predicted octanol–water partition coefficient (Wildman–Crippen LogP) is 7.17. The molecule has 1 aliphatic rings. The Labute approximate surface area is 265 Å². The van der Waals surface area contributed by atoms with Gasteiger partial charge in [-0.2, -0.15) is 0 Å². The summed E-state index contributed by atoms with van der Waals surface area (Å²) >= 11 is 6.30. The SMILES string of the molecule is CCCCCCCCCCCCOC(=O)c1ccc(Cl)c(NC(=O)C(C(C)=O)N2C(=O)C(C)N(Cc3ccccc3)C2=O)c1. The number of amides is 4. The molecule has 1 aliphatic heterocycles. The Kier molecular flexibility index (Phi) is 13.9. The van der Waals surface area contributed by atoms with Gasteiger partial charge in [0.05, 0.1) is 22.9 Å². The Bertz CT molecular complexity index is 1300.